The molecule has 110 valence electrons. The average Bonchev–Trinajstić information content (AvgIpc) is 2.91. The van der Waals surface area contributed by atoms with Crippen molar-refractivity contribution in [2.24, 2.45) is 0 Å². The maximum Gasteiger partial charge on any atom is 0.304 e. The fraction of sp³-hybridized carbons (Fsp3) is 0.267. The Morgan fingerprint density at radius 3 is 2.81 bits per heavy atom. The summed E-state index contributed by atoms with van der Waals surface area (Å²) in [6, 6.07) is 7.33. The van der Waals surface area contributed by atoms with Crippen molar-refractivity contribution < 1.29 is 14.7 Å². The Hall–Kier alpha value is -2.21. The summed E-state index contributed by atoms with van der Waals surface area (Å²) in [7, 11) is 0. The van der Waals surface area contributed by atoms with Crippen LogP contribution in [0.3, 0.4) is 0 Å². The number of pyridine rings is 1. The fourth-order valence-electron chi connectivity index (χ4n) is 2.03. The molecule has 0 aliphatic heterocycles. The summed E-state index contributed by atoms with van der Waals surface area (Å²) >= 11 is 1.46. The van der Waals surface area contributed by atoms with Gasteiger partial charge in [0.05, 0.1) is 6.42 Å². The monoisotopic (exact) mass is 304 g/mol. The molecule has 0 saturated heterocycles. The Morgan fingerprint density at radius 1 is 1.38 bits per heavy atom. The van der Waals surface area contributed by atoms with Crippen LogP contribution in [0.4, 0.5) is 5.82 Å². The second kappa shape index (κ2) is 6.99. The molecule has 1 amide bonds. The molecule has 6 heteroatoms. The summed E-state index contributed by atoms with van der Waals surface area (Å²) in [5, 5.41) is 13.6. The molecule has 2 heterocycles. The van der Waals surface area contributed by atoms with Gasteiger partial charge in [0.2, 0.25) is 5.91 Å². The zero-order chi connectivity index (χ0) is 15.2. The number of thiophene rings is 1. The maximum atomic E-state index is 12.1. The summed E-state index contributed by atoms with van der Waals surface area (Å²) < 4.78 is 0. The zero-order valence-electron chi connectivity index (χ0n) is 11.6. The normalized spacial score (nSPS) is 11.9. The highest BCUT2D eigenvalue weighted by Crippen LogP contribution is 2.28. The van der Waals surface area contributed by atoms with E-state index in [0.717, 1.165) is 10.4 Å². The molecule has 2 aromatic rings. The molecule has 5 nitrogen and oxygen atoms in total. The molecule has 2 rings (SSSR count). The molecule has 21 heavy (non-hydrogen) atoms. The Labute approximate surface area is 126 Å². The maximum absolute atomic E-state index is 12.1. The van der Waals surface area contributed by atoms with E-state index in [-0.39, 0.29) is 24.7 Å². The van der Waals surface area contributed by atoms with Crippen molar-refractivity contribution in [2.75, 3.05) is 5.32 Å². The van der Waals surface area contributed by atoms with Gasteiger partial charge in [-0.25, -0.2) is 4.98 Å². The van der Waals surface area contributed by atoms with Crippen molar-refractivity contribution in [1.82, 2.24) is 4.98 Å². The highest BCUT2D eigenvalue weighted by Gasteiger charge is 2.20. The third kappa shape index (κ3) is 4.68. The topological polar surface area (TPSA) is 79.3 Å². The van der Waals surface area contributed by atoms with Crippen LogP contribution < -0.4 is 5.32 Å². The van der Waals surface area contributed by atoms with Crippen LogP contribution in [0.2, 0.25) is 0 Å². The number of carbonyl (C=O) groups excluding carboxylic acids is 1. The first-order valence-corrected chi connectivity index (χ1v) is 7.40. The van der Waals surface area contributed by atoms with Crippen LogP contribution >= 0.6 is 11.3 Å². The number of aryl methyl sites for hydroxylation is 1. The van der Waals surface area contributed by atoms with Crippen LogP contribution in [0, 0.1) is 6.92 Å². The van der Waals surface area contributed by atoms with E-state index in [0.29, 0.717) is 5.82 Å². The minimum atomic E-state index is -0.908. The number of hydrogen-bond acceptors (Lipinski definition) is 4. The van der Waals surface area contributed by atoms with Crippen LogP contribution in [-0.2, 0) is 9.59 Å². The summed E-state index contributed by atoms with van der Waals surface area (Å²) in [5.74, 6) is -0.963. The first kappa shape index (κ1) is 15.2. The molecule has 2 N–H and O–H groups in total. The number of carboxylic acids is 1. The smallest absolute Gasteiger partial charge is 0.304 e. The van der Waals surface area contributed by atoms with Crippen LogP contribution in [0.5, 0.6) is 0 Å². The molecule has 0 spiro atoms. The summed E-state index contributed by atoms with van der Waals surface area (Å²) in [6.45, 7) is 1.91. The van der Waals surface area contributed by atoms with E-state index in [4.69, 9.17) is 5.11 Å². The van der Waals surface area contributed by atoms with Crippen LogP contribution in [0.15, 0.2) is 35.8 Å². The number of hydrogen-bond donors (Lipinski definition) is 2. The number of carbonyl (C=O) groups is 2. The van der Waals surface area contributed by atoms with Gasteiger partial charge < -0.3 is 10.4 Å². The predicted octanol–water partition coefficient (Wildman–Crippen LogP) is 3.04. The van der Waals surface area contributed by atoms with Gasteiger partial charge in [0.1, 0.15) is 5.82 Å². The molecule has 2 aromatic heterocycles. The fourth-order valence-corrected chi connectivity index (χ4v) is 2.86. The van der Waals surface area contributed by atoms with Gasteiger partial charge in [0.15, 0.2) is 0 Å². The molecule has 0 fully saturated rings. The molecule has 0 unspecified atom stereocenters. The van der Waals surface area contributed by atoms with E-state index in [9.17, 15) is 9.59 Å². The number of carboxylic acid groups (broad SMARTS) is 1. The first-order chi connectivity index (χ1) is 10.0. The Balaban J connectivity index is 2.02. The number of nitrogens with one attached hydrogen (secondary N) is 1. The van der Waals surface area contributed by atoms with E-state index in [1.54, 1.807) is 12.3 Å². The minimum Gasteiger partial charge on any atom is -0.481 e. The molecule has 0 aliphatic carbocycles. The van der Waals surface area contributed by atoms with E-state index in [1.165, 1.54) is 11.3 Å². The number of nitrogens with zero attached hydrogens (tertiary/aromatic N) is 1. The molecule has 0 aliphatic rings. The van der Waals surface area contributed by atoms with Gasteiger partial charge >= 0.3 is 5.97 Å². The molecule has 1 atom stereocenters. The second-order valence-electron chi connectivity index (χ2n) is 4.78. The lowest BCUT2D eigenvalue weighted by atomic mass is 9.99. The van der Waals surface area contributed by atoms with Crippen molar-refractivity contribution in [3.05, 3.63) is 46.3 Å². The van der Waals surface area contributed by atoms with Gasteiger partial charge in [-0.2, -0.15) is 0 Å². The lowest BCUT2D eigenvalue weighted by molar-refractivity contribution is -0.137. The van der Waals surface area contributed by atoms with Gasteiger partial charge in [-0.15, -0.1) is 11.3 Å². The van der Waals surface area contributed by atoms with Crippen molar-refractivity contribution in [3.63, 3.8) is 0 Å². The largest absolute Gasteiger partial charge is 0.481 e. The van der Waals surface area contributed by atoms with Crippen molar-refractivity contribution in [1.29, 1.82) is 0 Å². The molecule has 0 saturated carbocycles. The lowest BCUT2D eigenvalue weighted by Crippen LogP contribution is -2.17. The number of aliphatic carboxylic acids is 1. The van der Waals surface area contributed by atoms with Crippen LogP contribution in [0.25, 0.3) is 0 Å². The van der Waals surface area contributed by atoms with Gasteiger partial charge in [-0.05, 0) is 36.1 Å². The van der Waals surface area contributed by atoms with Crippen molar-refractivity contribution in [3.8, 4) is 0 Å². The molecule has 0 radical (unpaired) electrons. The van der Waals surface area contributed by atoms with E-state index in [1.807, 2.05) is 30.5 Å². The Kier molecular flexibility index (Phi) is 5.05. The number of aromatic nitrogens is 1. The predicted molar refractivity (Wildman–Crippen MR) is 81.5 cm³/mol. The number of rotatable bonds is 6. The second-order valence-corrected chi connectivity index (χ2v) is 5.76. The molecule has 0 bridgehead atoms. The quantitative estimate of drug-likeness (QED) is 0.859. The molecular weight excluding hydrogens is 288 g/mol. The Bertz CT molecular complexity index is 626. The number of amides is 1. The summed E-state index contributed by atoms with van der Waals surface area (Å²) in [6.07, 6.45) is 1.69. The Morgan fingerprint density at radius 2 is 2.19 bits per heavy atom. The molecular formula is C15H16N2O3S. The van der Waals surface area contributed by atoms with E-state index < -0.39 is 5.97 Å². The summed E-state index contributed by atoms with van der Waals surface area (Å²) in [5.41, 5.74) is 1.00. The van der Waals surface area contributed by atoms with Gasteiger partial charge in [-0.1, -0.05) is 6.07 Å². The zero-order valence-corrected chi connectivity index (χ0v) is 12.4. The van der Waals surface area contributed by atoms with Crippen molar-refractivity contribution in [2.45, 2.75) is 25.7 Å². The SMILES string of the molecule is Cc1ccnc(NC(=O)C[C@H](CC(=O)O)c2cccs2)c1. The van der Waals surface area contributed by atoms with E-state index >= 15 is 0 Å². The summed E-state index contributed by atoms with van der Waals surface area (Å²) in [4.78, 5) is 28.0. The molecule has 0 aromatic carbocycles. The third-order valence-corrected chi connectivity index (χ3v) is 4.02. The van der Waals surface area contributed by atoms with Crippen LogP contribution in [0.1, 0.15) is 29.2 Å². The first-order valence-electron chi connectivity index (χ1n) is 6.52. The highest BCUT2D eigenvalue weighted by atomic mass is 32.1. The van der Waals surface area contributed by atoms with Gasteiger partial charge in [0.25, 0.3) is 0 Å². The van der Waals surface area contributed by atoms with Crippen LogP contribution in [-0.4, -0.2) is 22.0 Å². The van der Waals surface area contributed by atoms with E-state index in [2.05, 4.69) is 10.3 Å². The third-order valence-electron chi connectivity index (χ3n) is 2.98. The van der Waals surface area contributed by atoms with Crippen molar-refractivity contribution >= 4 is 29.0 Å². The van der Waals surface area contributed by atoms with Gasteiger partial charge in [-0.3, -0.25) is 9.59 Å². The standard InChI is InChI=1S/C15H16N2O3S/c1-10-4-5-16-13(7-10)17-14(18)8-11(9-15(19)20)12-3-2-6-21-12/h2-7,11H,8-9H2,1H3,(H,19,20)(H,16,17,18)/t11-/m1/s1. The lowest BCUT2D eigenvalue weighted by Gasteiger charge is -2.13. The highest BCUT2D eigenvalue weighted by molar-refractivity contribution is 7.10. The number of anilines is 1. The van der Waals surface area contributed by atoms with Gasteiger partial charge in [0, 0.05) is 23.4 Å². The average molecular weight is 304 g/mol. The minimum absolute atomic E-state index is 0.0603.